The zero-order chi connectivity index (χ0) is 33.2. The Morgan fingerprint density at radius 3 is 2.17 bits per heavy atom. The van der Waals surface area contributed by atoms with E-state index in [9.17, 15) is 0 Å². The summed E-state index contributed by atoms with van der Waals surface area (Å²) in [6, 6.07) is 42.2. The zero-order valence-electron chi connectivity index (χ0n) is 28.8. The Bertz CT molecular complexity index is 2120. The number of nitrogens with zero attached hydrogens (tertiary/aromatic N) is 2. The van der Waals surface area contributed by atoms with Gasteiger partial charge in [-0.3, -0.25) is 0 Å². The Balaban J connectivity index is 0.000000224. The van der Waals surface area contributed by atoms with Gasteiger partial charge in [-0.05, 0) is 58.6 Å². The molecule has 4 aromatic carbocycles. The Morgan fingerprint density at radius 1 is 0.729 bits per heavy atom. The van der Waals surface area contributed by atoms with E-state index in [4.69, 9.17) is 4.42 Å². The van der Waals surface area contributed by atoms with E-state index in [0.29, 0.717) is 0 Å². The summed E-state index contributed by atoms with van der Waals surface area (Å²) in [6.45, 7) is 15.9. The summed E-state index contributed by atoms with van der Waals surface area (Å²) in [5, 5.41) is 3.61. The average molecular weight is 823 g/mol. The van der Waals surface area contributed by atoms with Crippen molar-refractivity contribution in [3.8, 4) is 33.6 Å². The summed E-state index contributed by atoms with van der Waals surface area (Å²) in [7, 11) is -1.23. The van der Waals surface area contributed by atoms with Gasteiger partial charge in [-0.2, -0.15) is 0 Å². The monoisotopic (exact) mass is 823 g/mol. The molecule has 0 atom stereocenters. The van der Waals surface area contributed by atoms with Crippen molar-refractivity contribution < 1.29 is 24.5 Å². The topological polar surface area (TPSA) is 38.9 Å². The van der Waals surface area contributed by atoms with E-state index < -0.39 is 8.07 Å². The first-order valence-corrected chi connectivity index (χ1v) is 19.8. The van der Waals surface area contributed by atoms with Gasteiger partial charge in [-0.1, -0.05) is 117 Å². The van der Waals surface area contributed by atoms with Crippen molar-refractivity contribution in [2.45, 2.75) is 53.8 Å². The molecule has 0 saturated carbocycles. The molecule has 245 valence electrons. The Labute approximate surface area is 299 Å². The molecule has 3 nitrogen and oxygen atoms in total. The summed E-state index contributed by atoms with van der Waals surface area (Å²) < 4.78 is 6.39. The van der Waals surface area contributed by atoms with Crippen molar-refractivity contribution in [2.75, 3.05) is 0 Å². The molecule has 0 amide bonds. The first-order valence-electron chi connectivity index (χ1n) is 16.3. The molecule has 1 radical (unpaired) electrons. The summed E-state index contributed by atoms with van der Waals surface area (Å²) in [5.74, 6) is 0. The van der Waals surface area contributed by atoms with Crippen LogP contribution in [0.1, 0.15) is 31.9 Å². The number of furan rings is 1. The van der Waals surface area contributed by atoms with E-state index in [-0.39, 0.29) is 25.5 Å². The molecule has 0 aliphatic rings. The SMILES string of the molecule is C[Si](C)(C)c1ccc(-c2[c-]cccc2)nc1.Cc1ccc(-c2ccc3c(c2)oc2c(-c4cc(CC(C)(C)C)ccn4)[c-]ccc23)cc1.[Ir]. The number of hydrogen-bond donors (Lipinski definition) is 0. The van der Waals surface area contributed by atoms with E-state index >= 15 is 0 Å². The standard InChI is InChI=1S/C29H26NO.C14H16NSi.Ir/c1-19-8-10-21(11-9-19)22-12-13-23-24-6-5-7-25(28(24)31-27(23)17-22)26-16-20(14-15-30-26)18-29(2,3)4;1-16(2,3)13-9-10-14(15-11-13)12-7-5-4-6-8-12;/h5-6,8-17H,18H2,1-4H3;4-7,9-11H,1-3H3;/q2*-1;. The maximum absolute atomic E-state index is 6.39. The Morgan fingerprint density at radius 2 is 1.50 bits per heavy atom. The van der Waals surface area contributed by atoms with Crippen LogP contribution in [0.3, 0.4) is 0 Å². The molecule has 3 heterocycles. The summed E-state index contributed by atoms with van der Waals surface area (Å²) in [6.07, 6.45) is 4.90. The molecule has 48 heavy (non-hydrogen) atoms. The van der Waals surface area contributed by atoms with Crippen molar-refractivity contribution in [3.05, 3.63) is 139 Å². The molecule has 7 aromatic rings. The molecule has 0 saturated heterocycles. The summed E-state index contributed by atoms with van der Waals surface area (Å²) in [4.78, 5) is 9.16. The molecule has 0 unspecified atom stereocenters. The molecular formula is C43H42IrN2OSi-2. The quantitative estimate of drug-likeness (QED) is 0.128. The minimum Gasteiger partial charge on any atom is -0.501 e. The van der Waals surface area contributed by atoms with Crippen LogP contribution in [0.2, 0.25) is 19.6 Å². The molecule has 0 fully saturated rings. The number of hydrogen-bond acceptors (Lipinski definition) is 3. The van der Waals surface area contributed by atoms with E-state index in [0.717, 1.165) is 56.4 Å². The fourth-order valence-corrected chi connectivity index (χ4v) is 6.78. The van der Waals surface area contributed by atoms with Crippen LogP contribution in [-0.2, 0) is 26.5 Å². The van der Waals surface area contributed by atoms with Crippen LogP contribution in [0.5, 0.6) is 0 Å². The number of aromatic nitrogens is 2. The third-order valence-electron chi connectivity index (χ3n) is 8.25. The van der Waals surface area contributed by atoms with Crippen molar-refractivity contribution in [2.24, 2.45) is 5.41 Å². The molecule has 0 aliphatic heterocycles. The molecule has 0 aliphatic carbocycles. The normalized spacial score (nSPS) is 11.6. The van der Waals surface area contributed by atoms with E-state index in [1.54, 1.807) is 0 Å². The van der Waals surface area contributed by atoms with Crippen LogP contribution < -0.4 is 5.19 Å². The minimum atomic E-state index is -1.23. The maximum Gasteiger partial charge on any atom is 0.121 e. The van der Waals surface area contributed by atoms with Gasteiger partial charge in [0.2, 0.25) is 0 Å². The molecular weight excluding hydrogens is 781 g/mol. The molecule has 5 heteroatoms. The second-order valence-electron chi connectivity index (χ2n) is 14.5. The van der Waals surface area contributed by atoms with E-state index in [1.807, 2.05) is 42.7 Å². The van der Waals surface area contributed by atoms with Gasteiger partial charge in [0.05, 0.1) is 13.7 Å². The predicted octanol–water partition coefficient (Wildman–Crippen LogP) is 11.1. The van der Waals surface area contributed by atoms with Crippen LogP contribution in [0.4, 0.5) is 0 Å². The third-order valence-corrected chi connectivity index (χ3v) is 10.3. The summed E-state index contributed by atoms with van der Waals surface area (Å²) >= 11 is 0. The van der Waals surface area contributed by atoms with Crippen LogP contribution in [-0.4, -0.2) is 18.0 Å². The minimum absolute atomic E-state index is 0. The number of pyridine rings is 2. The van der Waals surface area contributed by atoms with Crippen LogP contribution in [0, 0.1) is 24.5 Å². The molecule has 3 aromatic heterocycles. The fourth-order valence-electron chi connectivity index (χ4n) is 5.74. The Kier molecular flexibility index (Phi) is 10.6. The number of aryl methyl sites for hydroxylation is 1. The van der Waals surface area contributed by atoms with Gasteiger partial charge in [0, 0.05) is 37.9 Å². The van der Waals surface area contributed by atoms with Gasteiger partial charge in [0.25, 0.3) is 0 Å². The number of fused-ring (bicyclic) bond motifs is 3. The smallest absolute Gasteiger partial charge is 0.121 e. The number of rotatable bonds is 5. The van der Waals surface area contributed by atoms with Crippen molar-refractivity contribution >= 4 is 35.2 Å². The van der Waals surface area contributed by atoms with Gasteiger partial charge in [-0.25, -0.2) is 0 Å². The average Bonchev–Trinajstić information content (AvgIpc) is 3.43. The van der Waals surface area contributed by atoms with Crippen LogP contribution in [0.15, 0.2) is 120 Å². The zero-order valence-corrected chi connectivity index (χ0v) is 32.2. The second kappa shape index (κ2) is 14.5. The van der Waals surface area contributed by atoms with Gasteiger partial charge in [0.1, 0.15) is 5.58 Å². The van der Waals surface area contributed by atoms with Crippen molar-refractivity contribution in [1.82, 2.24) is 9.97 Å². The van der Waals surface area contributed by atoms with Gasteiger partial charge in [-0.15, -0.1) is 54.1 Å². The first-order chi connectivity index (χ1) is 22.4. The molecule has 7 rings (SSSR count). The van der Waals surface area contributed by atoms with Crippen LogP contribution in [0.25, 0.3) is 55.6 Å². The molecule has 0 bridgehead atoms. The molecule has 0 N–H and O–H groups in total. The van der Waals surface area contributed by atoms with Gasteiger partial charge in [0.15, 0.2) is 0 Å². The second-order valence-corrected chi connectivity index (χ2v) is 19.6. The first kappa shape index (κ1) is 35.2. The summed E-state index contributed by atoms with van der Waals surface area (Å²) in [5.41, 5.74) is 10.7. The van der Waals surface area contributed by atoms with Gasteiger partial charge < -0.3 is 14.4 Å². The van der Waals surface area contributed by atoms with E-state index in [2.05, 4.69) is 142 Å². The van der Waals surface area contributed by atoms with Gasteiger partial charge >= 0.3 is 0 Å². The third kappa shape index (κ3) is 8.28. The van der Waals surface area contributed by atoms with Crippen LogP contribution >= 0.6 is 0 Å². The fraction of sp³-hybridized carbons (Fsp3) is 0.209. The predicted molar refractivity (Wildman–Crippen MR) is 201 cm³/mol. The van der Waals surface area contributed by atoms with Crippen molar-refractivity contribution in [3.63, 3.8) is 0 Å². The molecule has 0 spiro atoms. The van der Waals surface area contributed by atoms with Crippen molar-refractivity contribution in [1.29, 1.82) is 0 Å². The van der Waals surface area contributed by atoms with E-state index in [1.165, 1.54) is 21.9 Å². The number of benzene rings is 4. The Hall–Kier alpha value is -4.15. The maximum atomic E-state index is 6.39. The largest absolute Gasteiger partial charge is 0.501 e.